The number of rotatable bonds is 8. The average molecular weight is 357 g/mol. The first-order chi connectivity index (χ1) is 11.4. The molecule has 0 bridgehead atoms. The number of benzene rings is 1. The van der Waals surface area contributed by atoms with E-state index < -0.39 is 7.82 Å². The first-order valence-electron chi connectivity index (χ1n) is 8.68. The Labute approximate surface area is 143 Å². The summed E-state index contributed by atoms with van der Waals surface area (Å²) >= 11 is 0. The van der Waals surface area contributed by atoms with Gasteiger partial charge in [-0.05, 0) is 62.7 Å². The maximum atomic E-state index is 11.2. The lowest BCUT2D eigenvalue weighted by atomic mass is 9.82. The maximum absolute atomic E-state index is 11.2. The predicted molar refractivity (Wildman–Crippen MR) is 93.5 cm³/mol. The largest absolute Gasteiger partial charge is 0.524 e. The van der Waals surface area contributed by atoms with Gasteiger partial charge in [-0.15, -0.1) is 0 Å². The molecule has 24 heavy (non-hydrogen) atoms. The standard InChI is InChI=1S/C17H28NO5P/c1-3-10-18(11-4-2)12-13-6-5-7-15-14(13)8-9-16(19)17(15)23-24(20,21)22/h8-9,13,19H,3-7,10-12H2,1-2H3,(H2,20,21,22). The van der Waals surface area contributed by atoms with Gasteiger partial charge in [-0.2, -0.15) is 0 Å². The fraction of sp³-hybridized carbons (Fsp3) is 0.647. The number of nitrogens with zero attached hydrogens (tertiary/aromatic N) is 1. The summed E-state index contributed by atoms with van der Waals surface area (Å²) in [6.07, 6.45) is 4.82. The molecule has 1 aromatic carbocycles. The molecule has 1 aromatic rings. The number of hydrogen-bond donors (Lipinski definition) is 3. The van der Waals surface area contributed by atoms with Crippen molar-refractivity contribution in [1.29, 1.82) is 0 Å². The van der Waals surface area contributed by atoms with E-state index in [1.54, 1.807) is 0 Å². The normalized spacial score (nSPS) is 17.8. The van der Waals surface area contributed by atoms with Crippen molar-refractivity contribution in [1.82, 2.24) is 4.90 Å². The van der Waals surface area contributed by atoms with Gasteiger partial charge in [0, 0.05) is 12.1 Å². The summed E-state index contributed by atoms with van der Waals surface area (Å²) in [4.78, 5) is 20.7. The Morgan fingerprint density at radius 1 is 1.25 bits per heavy atom. The van der Waals surface area contributed by atoms with Crippen molar-refractivity contribution in [2.45, 2.75) is 51.9 Å². The Balaban J connectivity index is 2.29. The highest BCUT2D eigenvalue weighted by Crippen LogP contribution is 2.48. The molecular weight excluding hydrogens is 329 g/mol. The van der Waals surface area contributed by atoms with Gasteiger partial charge >= 0.3 is 7.82 Å². The van der Waals surface area contributed by atoms with Crippen LogP contribution in [0.15, 0.2) is 12.1 Å². The fourth-order valence-corrected chi connectivity index (χ4v) is 4.04. The lowest BCUT2D eigenvalue weighted by Gasteiger charge is -2.32. The SMILES string of the molecule is CCCN(CCC)CC1CCCc2c1ccc(O)c2OP(=O)(O)O. The molecule has 1 aliphatic carbocycles. The third kappa shape index (κ3) is 4.96. The highest BCUT2D eigenvalue weighted by molar-refractivity contribution is 7.46. The molecule has 2 rings (SSSR count). The summed E-state index contributed by atoms with van der Waals surface area (Å²) in [5.41, 5.74) is 1.78. The molecule has 1 unspecified atom stereocenters. The topological polar surface area (TPSA) is 90.2 Å². The quantitative estimate of drug-likeness (QED) is 0.618. The Morgan fingerprint density at radius 3 is 2.50 bits per heavy atom. The monoisotopic (exact) mass is 357 g/mol. The zero-order chi connectivity index (χ0) is 17.7. The van der Waals surface area contributed by atoms with Crippen LogP contribution < -0.4 is 4.52 Å². The number of aromatic hydroxyl groups is 1. The molecule has 0 aromatic heterocycles. The van der Waals surface area contributed by atoms with Gasteiger partial charge in [-0.25, -0.2) is 4.57 Å². The summed E-state index contributed by atoms with van der Waals surface area (Å²) in [6.45, 7) is 7.35. The lowest BCUT2D eigenvalue weighted by Crippen LogP contribution is -2.31. The minimum atomic E-state index is -4.70. The van der Waals surface area contributed by atoms with Crippen molar-refractivity contribution in [3.05, 3.63) is 23.3 Å². The minimum absolute atomic E-state index is 0.0527. The minimum Gasteiger partial charge on any atom is -0.504 e. The van der Waals surface area contributed by atoms with E-state index in [0.717, 1.165) is 56.4 Å². The van der Waals surface area contributed by atoms with Crippen molar-refractivity contribution in [2.24, 2.45) is 0 Å². The summed E-state index contributed by atoms with van der Waals surface area (Å²) in [7, 11) is -4.70. The highest BCUT2D eigenvalue weighted by atomic mass is 31.2. The maximum Gasteiger partial charge on any atom is 0.524 e. The summed E-state index contributed by atoms with van der Waals surface area (Å²) in [5, 5.41) is 9.99. The van der Waals surface area contributed by atoms with E-state index in [0.29, 0.717) is 12.3 Å². The predicted octanol–water partition coefficient (Wildman–Crippen LogP) is 3.41. The second kappa shape index (κ2) is 8.34. The van der Waals surface area contributed by atoms with Gasteiger partial charge in [0.15, 0.2) is 11.5 Å². The van der Waals surface area contributed by atoms with E-state index in [9.17, 15) is 9.67 Å². The number of fused-ring (bicyclic) bond motifs is 1. The third-order valence-corrected chi connectivity index (χ3v) is 4.88. The zero-order valence-electron chi connectivity index (χ0n) is 14.4. The second-order valence-corrected chi connectivity index (χ2v) is 7.62. The molecule has 0 aliphatic heterocycles. The molecule has 1 atom stereocenters. The van der Waals surface area contributed by atoms with Crippen LogP contribution in [-0.2, 0) is 11.0 Å². The van der Waals surface area contributed by atoms with E-state index in [4.69, 9.17) is 14.3 Å². The van der Waals surface area contributed by atoms with E-state index in [1.807, 2.05) is 6.07 Å². The van der Waals surface area contributed by atoms with Gasteiger partial charge in [0.25, 0.3) is 0 Å². The molecule has 136 valence electrons. The molecule has 0 saturated carbocycles. The summed E-state index contributed by atoms with van der Waals surface area (Å²) in [5.74, 6) is 0.0336. The first-order valence-corrected chi connectivity index (χ1v) is 10.2. The number of hydrogen-bond acceptors (Lipinski definition) is 4. The van der Waals surface area contributed by atoms with Crippen LogP contribution in [0, 0.1) is 0 Å². The van der Waals surface area contributed by atoms with E-state index in [-0.39, 0.29) is 11.5 Å². The van der Waals surface area contributed by atoms with Crippen LogP contribution in [0.5, 0.6) is 11.5 Å². The van der Waals surface area contributed by atoms with Crippen molar-refractivity contribution < 1.29 is 24.0 Å². The number of phosphoric ester groups is 1. The van der Waals surface area contributed by atoms with Crippen LogP contribution in [0.2, 0.25) is 0 Å². The van der Waals surface area contributed by atoms with Gasteiger partial charge in [-0.3, -0.25) is 9.79 Å². The summed E-state index contributed by atoms with van der Waals surface area (Å²) in [6, 6.07) is 3.35. The number of phosphoric acid groups is 1. The smallest absolute Gasteiger partial charge is 0.504 e. The van der Waals surface area contributed by atoms with Crippen molar-refractivity contribution in [3.63, 3.8) is 0 Å². The molecule has 0 fully saturated rings. The van der Waals surface area contributed by atoms with Crippen LogP contribution in [0.25, 0.3) is 0 Å². The van der Waals surface area contributed by atoms with Crippen molar-refractivity contribution in [2.75, 3.05) is 19.6 Å². The molecule has 0 saturated heterocycles. The molecule has 0 radical (unpaired) electrons. The molecule has 0 amide bonds. The third-order valence-electron chi connectivity index (χ3n) is 4.46. The Hall–Kier alpha value is -1.07. The van der Waals surface area contributed by atoms with Gasteiger partial charge in [0.05, 0.1) is 0 Å². The average Bonchev–Trinajstić information content (AvgIpc) is 2.50. The summed E-state index contributed by atoms with van der Waals surface area (Å²) < 4.78 is 16.0. The molecule has 1 aliphatic rings. The Bertz CT molecular complexity index is 595. The molecule has 0 heterocycles. The van der Waals surface area contributed by atoms with Crippen LogP contribution in [0.1, 0.15) is 56.6 Å². The number of phenols is 1. The van der Waals surface area contributed by atoms with Gasteiger partial charge in [0.2, 0.25) is 0 Å². The Kier molecular flexibility index (Phi) is 6.70. The molecule has 3 N–H and O–H groups in total. The zero-order valence-corrected chi connectivity index (χ0v) is 15.3. The first kappa shape index (κ1) is 19.3. The lowest BCUT2D eigenvalue weighted by molar-refractivity contribution is 0.247. The van der Waals surface area contributed by atoms with Gasteiger partial charge < -0.3 is 14.5 Å². The van der Waals surface area contributed by atoms with Crippen LogP contribution in [-0.4, -0.2) is 39.4 Å². The van der Waals surface area contributed by atoms with Gasteiger partial charge in [0.1, 0.15) is 0 Å². The van der Waals surface area contributed by atoms with Crippen molar-refractivity contribution in [3.8, 4) is 11.5 Å². The molecule has 7 heteroatoms. The van der Waals surface area contributed by atoms with Crippen LogP contribution >= 0.6 is 7.82 Å². The van der Waals surface area contributed by atoms with E-state index >= 15 is 0 Å². The number of phenolic OH excluding ortho intramolecular Hbond substituents is 1. The van der Waals surface area contributed by atoms with Gasteiger partial charge in [-0.1, -0.05) is 19.9 Å². The van der Waals surface area contributed by atoms with E-state index in [1.165, 1.54) is 6.07 Å². The molecule has 0 spiro atoms. The second-order valence-electron chi connectivity index (χ2n) is 6.45. The van der Waals surface area contributed by atoms with E-state index in [2.05, 4.69) is 18.7 Å². The van der Waals surface area contributed by atoms with Crippen molar-refractivity contribution >= 4 is 7.82 Å². The molecule has 6 nitrogen and oxygen atoms in total. The fourth-order valence-electron chi connectivity index (χ4n) is 3.60. The van der Waals surface area contributed by atoms with Crippen LogP contribution in [0.3, 0.4) is 0 Å². The Morgan fingerprint density at radius 2 is 1.92 bits per heavy atom. The molecular formula is C17H28NO5P. The highest BCUT2D eigenvalue weighted by Gasteiger charge is 2.29. The van der Waals surface area contributed by atoms with Crippen LogP contribution in [0.4, 0.5) is 0 Å².